The van der Waals surface area contributed by atoms with E-state index in [1.165, 1.54) is 6.42 Å². The minimum Gasteiger partial charge on any atom is -0.351 e. The van der Waals surface area contributed by atoms with Gasteiger partial charge in [0, 0.05) is 26.0 Å². The van der Waals surface area contributed by atoms with Gasteiger partial charge in [-0.15, -0.1) is 0 Å². The van der Waals surface area contributed by atoms with Gasteiger partial charge in [0.2, 0.25) is 0 Å². The molecule has 7 heteroatoms. The molecule has 0 N–H and O–H groups in total. The fraction of sp³-hybridized carbons (Fsp3) is 0.429. The van der Waals surface area contributed by atoms with Crippen molar-refractivity contribution in [2.45, 2.75) is 25.4 Å². The van der Waals surface area contributed by atoms with Crippen LogP contribution in [0, 0.1) is 0 Å². The van der Waals surface area contributed by atoms with Gasteiger partial charge < -0.3 is 4.90 Å². The van der Waals surface area contributed by atoms with Crippen LogP contribution in [0.1, 0.15) is 12.8 Å². The number of anilines is 1. The van der Waals surface area contributed by atoms with E-state index < -0.39 is 0 Å². The fourth-order valence-electron chi connectivity index (χ4n) is 3.11. The zero-order valence-electron chi connectivity index (χ0n) is 11.9. The molecule has 0 radical (unpaired) electrons. The first-order valence-corrected chi connectivity index (χ1v) is 7.20. The molecule has 7 nitrogen and oxygen atoms in total. The maximum Gasteiger partial charge on any atom is 0.163 e. The molecule has 1 atom stereocenters. The van der Waals surface area contributed by atoms with Crippen LogP contribution in [-0.4, -0.2) is 42.1 Å². The number of rotatable bonds is 3. The van der Waals surface area contributed by atoms with Crippen LogP contribution in [0.15, 0.2) is 31.0 Å². The molecule has 0 aromatic carbocycles. The number of aryl methyl sites for hydroxylation is 1. The molecule has 0 amide bonds. The fourth-order valence-corrected chi connectivity index (χ4v) is 3.11. The van der Waals surface area contributed by atoms with Gasteiger partial charge in [-0.1, -0.05) is 0 Å². The van der Waals surface area contributed by atoms with Gasteiger partial charge in [0.15, 0.2) is 5.65 Å². The summed E-state index contributed by atoms with van der Waals surface area (Å²) in [5.41, 5.74) is 0.879. The molecule has 1 aliphatic heterocycles. The number of hydrogen-bond acceptors (Lipinski definition) is 5. The lowest BCUT2D eigenvalue weighted by molar-refractivity contribution is 0.508. The second kappa shape index (κ2) is 4.83. The summed E-state index contributed by atoms with van der Waals surface area (Å²) in [5, 5.41) is 9.63. The predicted octanol–water partition coefficient (Wildman–Crippen LogP) is 1.23. The molecule has 1 saturated heterocycles. The molecule has 3 aromatic heterocycles. The van der Waals surface area contributed by atoms with Crippen molar-refractivity contribution >= 4 is 16.9 Å². The van der Waals surface area contributed by atoms with Crippen LogP contribution in [0.3, 0.4) is 0 Å². The maximum atomic E-state index is 4.51. The minimum absolute atomic E-state index is 0.420. The van der Waals surface area contributed by atoms with E-state index in [0.717, 1.165) is 36.4 Å². The Hall–Kier alpha value is -2.44. The van der Waals surface area contributed by atoms with Crippen LogP contribution in [0.5, 0.6) is 0 Å². The normalized spacial score (nSPS) is 18.7. The molecular weight excluding hydrogens is 266 g/mol. The van der Waals surface area contributed by atoms with Crippen LogP contribution in [-0.2, 0) is 13.6 Å². The van der Waals surface area contributed by atoms with Crippen molar-refractivity contribution in [3.63, 3.8) is 0 Å². The van der Waals surface area contributed by atoms with E-state index >= 15 is 0 Å². The lowest BCUT2D eigenvalue weighted by Gasteiger charge is -2.26. The van der Waals surface area contributed by atoms with Gasteiger partial charge in [-0.3, -0.25) is 9.36 Å². The quantitative estimate of drug-likeness (QED) is 0.723. The lowest BCUT2D eigenvalue weighted by atomic mass is 10.2. The Labute approximate surface area is 122 Å². The molecule has 0 saturated carbocycles. The minimum atomic E-state index is 0.420. The Balaban J connectivity index is 1.70. The average molecular weight is 283 g/mol. The van der Waals surface area contributed by atoms with Crippen molar-refractivity contribution in [1.29, 1.82) is 0 Å². The average Bonchev–Trinajstić information content (AvgIpc) is 3.22. The number of aromatic nitrogens is 6. The summed E-state index contributed by atoms with van der Waals surface area (Å²) >= 11 is 0. The molecule has 0 aliphatic carbocycles. The van der Waals surface area contributed by atoms with Gasteiger partial charge in [-0.05, 0) is 18.9 Å². The van der Waals surface area contributed by atoms with E-state index in [1.54, 1.807) is 11.0 Å². The van der Waals surface area contributed by atoms with E-state index in [1.807, 2.05) is 36.4 Å². The summed E-state index contributed by atoms with van der Waals surface area (Å²) in [6.45, 7) is 1.91. The Morgan fingerprint density at radius 2 is 2.24 bits per heavy atom. The molecule has 21 heavy (non-hydrogen) atoms. The SMILES string of the molecule is Cn1ncc2c(N3CCCC3Cn3cccn3)ncnc21. The van der Waals surface area contributed by atoms with Crippen molar-refractivity contribution in [1.82, 2.24) is 29.5 Å². The van der Waals surface area contributed by atoms with E-state index in [4.69, 9.17) is 0 Å². The van der Waals surface area contributed by atoms with Gasteiger partial charge in [-0.25, -0.2) is 9.97 Å². The Bertz CT molecular complexity index is 746. The number of nitrogens with zero attached hydrogens (tertiary/aromatic N) is 7. The number of fused-ring (bicyclic) bond motifs is 1. The third-order valence-corrected chi connectivity index (χ3v) is 4.11. The predicted molar refractivity (Wildman–Crippen MR) is 78.9 cm³/mol. The van der Waals surface area contributed by atoms with Gasteiger partial charge >= 0.3 is 0 Å². The van der Waals surface area contributed by atoms with Crippen molar-refractivity contribution < 1.29 is 0 Å². The lowest BCUT2D eigenvalue weighted by Crippen LogP contribution is -2.33. The summed E-state index contributed by atoms with van der Waals surface area (Å²) in [7, 11) is 1.91. The van der Waals surface area contributed by atoms with Crippen molar-refractivity contribution in [3.8, 4) is 0 Å². The van der Waals surface area contributed by atoms with Gasteiger partial charge in [-0.2, -0.15) is 10.2 Å². The van der Waals surface area contributed by atoms with E-state index in [0.29, 0.717) is 6.04 Å². The molecule has 3 aromatic rings. The highest BCUT2D eigenvalue weighted by atomic mass is 15.3. The van der Waals surface area contributed by atoms with Gasteiger partial charge in [0.1, 0.15) is 12.1 Å². The van der Waals surface area contributed by atoms with Crippen molar-refractivity contribution in [3.05, 3.63) is 31.0 Å². The van der Waals surface area contributed by atoms with Crippen LogP contribution in [0.4, 0.5) is 5.82 Å². The van der Waals surface area contributed by atoms with Crippen LogP contribution in [0.25, 0.3) is 11.0 Å². The number of hydrogen-bond donors (Lipinski definition) is 0. The summed E-state index contributed by atoms with van der Waals surface area (Å²) in [6, 6.07) is 2.38. The zero-order valence-corrected chi connectivity index (χ0v) is 11.9. The summed E-state index contributed by atoms with van der Waals surface area (Å²) in [5.74, 6) is 0.989. The molecule has 1 aliphatic rings. The highest BCUT2D eigenvalue weighted by molar-refractivity contribution is 5.86. The highest BCUT2D eigenvalue weighted by Gasteiger charge is 2.28. The molecule has 1 fully saturated rings. The maximum absolute atomic E-state index is 4.51. The van der Waals surface area contributed by atoms with E-state index in [-0.39, 0.29) is 0 Å². The second-order valence-electron chi connectivity index (χ2n) is 5.42. The first-order valence-electron chi connectivity index (χ1n) is 7.20. The highest BCUT2D eigenvalue weighted by Crippen LogP contribution is 2.29. The Kier molecular flexibility index (Phi) is 2.83. The summed E-state index contributed by atoms with van der Waals surface area (Å²) < 4.78 is 3.78. The van der Waals surface area contributed by atoms with Gasteiger partial charge in [0.05, 0.1) is 24.2 Å². The first kappa shape index (κ1) is 12.3. The molecule has 4 rings (SSSR count). The molecule has 108 valence electrons. The zero-order chi connectivity index (χ0) is 14.2. The standard InChI is InChI=1S/C14H17N7/c1-19-13-12(8-18-19)14(16-10-15-13)21-7-2-4-11(21)9-20-6-3-5-17-20/h3,5-6,8,10-11H,2,4,7,9H2,1H3. The van der Waals surface area contributed by atoms with Gasteiger partial charge in [0.25, 0.3) is 0 Å². The van der Waals surface area contributed by atoms with Crippen molar-refractivity contribution in [2.24, 2.45) is 7.05 Å². The third kappa shape index (κ3) is 2.05. The van der Waals surface area contributed by atoms with Crippen LogP contribution < -0.4 is 4.90 Å². The Morgan fingerprint density at radius 1 is 1.29 bits per heavy atom. The topological polar surface area (TPSA) is 64.7 Å². The van der Waals surface area contributed by atoms with Crippen LogP contribution >= 0.6 is 0 Å². The molecule has 4 heterocycles. The van der Waals surface area contributed by atoms with E-state index in [2.05, 4.69) is 25.1 Å². The van der Waals surface area contributed by atoms with Crippen LogP contribution in [0.2, 0.25) is 0 Å². The molecule has 0 bridgehead atoms. The first-order chi connectivity index (χ1) is 10.3. The Morgan fingerprint density at radius 3 is 3.10 bits per heavy atom. The third-order valence-electron chi connectivity index (χ3n) is 4.11. The largest absolute Gasteiger partial charge is 0.351 e. The van der Waals surface area contributed by atoms with E-state index in [9.17, 15) is 0 Å². The smallest absolute Gasteiger partial charge is 0.163 e. The van der Waals surface area contributed by atoms with Crippen molar-refractivity contribution in [2.75, 3.05) is 11.4 Å². The summed E-state index contributed by atoms with van der Waals surface area (Å²) in [4.78, 5) is 11.2. The molecular formula is C14H17N7. The second-order valence-corrected chi connectivity index (χ2v) is 5.42. The molecule has 1 unspecified atom stereocenters. The monoisotopic (exact) mass is 283 g/mol. The molecule has 0 spiro atoms. The summed E-state index contributed by atoms with van der Waals surface area (Å²) in [6.07, 6.45) is 9.65.